The van der Waals surface area contributed by atoms with Crippen LogP contribution >= 0.6 is 0 Å². The highest BCUT2D eigenvalue weighted by Gasteiger charge is 2.20. The van der Waals surface area contributed by atoms with Crippen molar-refractivity contribution in [3.63, 3.8) is 0 Å². The molecule has 118 valence electrons. The Morgan fingerprint density at radius 2 is 2.05 bits per heavy atom. The van der Waals surface area contributed by atoms with E-state index in [1.165, 1.54) is 18.4 Å². The predicted molar refractivity (Wildman–Crippen MR) is 88.9 cm³/mol. The van der Waals surface area contributed by atoms with Gasteiger partial charge in [-0.3, -0.25) is 4.79 Å². The molecule has 22 heavy (non-hydrogen) atoms. The van der Waals surface area contributed by atoms with Crippen LogP contribution in [0.3, 0.4) is 0 Å². The molecule has 0 spiro atoms. The standard InChI is InChI=1S/C19H25NO2/c1-3-14-6-9-17-15(12-22-18(17)10-14)11-19(21)20-16-7-4-13(2)5-8-16/h6,9-10,12-13,16H,3-5,7-8,11H2,1-2H3,(H,20,21). The van der Waals surface area contributed by atoms with E-state index in [0.717, 1.165) is 41.7 Å². The van der Waals surface area contributed by atoms with Crippen LogP contribution in [0.5, 0.6) is 0 Å². The van der Waals surface area contributed by atoms with Gasteiger partial charge in [-0.25, -0.2) is 0 Å². The van der Waals surface area contributed by atoms with Gasteiger partial charge >= 0.3 is 0 Å². The zero-order chi connectivity index (χ0) is 15.5. The monoisotopic (exact) mass is 299 g/mol. The lowest BCUT2D eigenvalue weighted by Gasteiger charge is -2.26. The summed E-state index contributed by atoms with van der Waals surface area (Å²) < 4.78 is 5.62. The molecular weight excluding hydrogens is 274 g/mol. The van der Waals surface area contributed by atoms with Crippen molar-refractivity contribution in [2.24, 2.45) is 5.92 Å². The van der Waals surface area contributed by atoms with E-state index in [1.807, 2.05) is 0 Å². The van der Waals surface area contributed by atoms with Gasteiger partial charge in [0.1, 0.15) is 5.58 Å². The second-order valence-corrected chi connectivity index (χ2v) is 6.65. The molecule has 0 atom stereocenters. The maximum Gasteiger partial charge on any atom is 0.224 e. The summed E-state index contributed by atoms with van der Waals surface area (Å²) in [6.07, 6.45) is 7.79. The number of furan rings is 1. The Kier molecular flexibility index (Phi) is 4.51. The highest BCUT2D eigenvalue weighted by Crippen LogP contribution is 2.25. The first-order valence-corrected chi connectivity index (χ1v) is 8.44. The van der Waals surface area contributed by atoms with Crippen molar-refractivity contribution in [1.82, 2.24) is 5.32 Å². The maximum atomic E-state index is 12.3. The van der Waals surface area contributed by atoms with Crippen LogP contribution in [0.15, 0.2) is 28.9 Å². The van der Waals surface area contributed by atoms with E-state index in [2.05, 4.69) is 37.4 Å². The second kappa shape index (κ2) is 6.55. The van der Waals surface area contributed by atoms with Gasteiger partial charge in [-0.2, -0.15) is 0 Å². The van der Waals surface area contributed by atoms with Crippen LogP contribution in [0.25, 0.3) is 11.0 Å². The molecule has 1 aromatic heterocycles. The molecule has 1 aliphatic carbocycles. The normalized spacial score (nSPS) is 21.9. The van der Waals surface area contributed by atoms with E-state index >= 15 is 0 Å². The number of nitrogens with one attached hydrogen (secondary N) is 1. The summed E-state index contributed by atoms with van der Waals surface area (Å²) >= 11 is 0. The zero-order valence-electron chi connectivity index (χ0n) is 13.5. The van der Waals surface area contributed by atoms with Gasteiger partial charge in [0.25, 0.3) is 0 Å². The van der Waals surface area contributed by atoms with Crippen LogP contribution in [-0.4, -0.2) is 11.9 Å². The summed E-state index contributed by atoms with van der Waals surface area (Å²) in [6.45, 7) is 4.42. The minimum absolute atomic E-state index is 0.113. The van der Waals surface area contributed by atoms with Crippen LogP contribution in [0.2, 0.25) is 0 Å². The first-order valence-electron chi connectivity index (χ1n) is 8.44. The summed E-state index contributed by atoms with van der Waals surface area (Å²) in [4.78, 5) is 12.3. The predicted octanol–water partition coefficient (Wildman–Crippen LogP) is 4.23. The van der Waals surface area contributed by atoms with E-state index in [0.29, 0.717) is 12.5 Å². The van der Waals surface area contributed by atoms with Crippen LogP contribution in [0.4, 0.5) is 0 Å². The Hall–Kier alpha value is -1.77. The van der Waals surface area contributed by atoms with Crippen molar-refractivity contribution in [3.8, 4) is 0 Å². The highest BCUT2D eigenvalue weighted by atomic mass is 16.3. The van der Waals surface area contributed by atoms with E-state index in [4.69, 9.17) is 4.42 Å². The number of carbonyl (C=O) groups excluding carboxylic acids is 1. The minimum atomic E-state index is 0.113. The van der Waals surface area contributed by atoms with Gasteiger partial charge in [0.05, 0.1) is 12.7 Å². The summed E-state index contributed by atoms with van der Waals surface area (Å²) in [7, 11) is 0. The Morgan fingerprint density at radius 1 is 1.27 bits per heavy atom. The number of aryl methyl sites for hydroxylation is 1. The topological polar surface area (TPSA) is 42.2 Å². The van der Waals surface area contributed by atoms with Gasteiger partial charge < -0.3 is 9.73 Å². The van der Waals surface area contributed by atoms with Gasteiger partial charge in [-0.05, 0) is 49.7 Å². The number of hydrogen-bond acceptors (Lipinski definition) is 2. The Balaban J connectivity index is 1.64. The van der Waals surface area contributed by atoms with Gasteiger partial charge in [-0.15, -0.1) is 0 Å². The summed E-state index contributed by atoms with van der Waals surface area (Å²) in [5.41, 5.74) is 3.13. The molecule has 1 fully saturated rings. The summed E-state index contributed by atoms with van der Waals surface area (Å²) in [6, 6.07) is 6.61. The Labute approximate surface area is 132 Å². The SMILES string of the molecule is CCc1ccc2c(CC(=O)NC3CCC(C)CC3)coc2c1. The van der Waals surface area contributed by atoms with Crippen molar-refractivity contribution in [2.45, 2.75) is 58.4 Å². The van der Waals surface area contributed by atoms with Crippen molar-refractivity contribution in [3.05, 3.63) is 35.6 Å². The van der Waals surface area contributed by atoms with Gasteiger partial charge in [-0.1, -0.05) is 26.0 Å². The third-order valence-corrected chi connectivity index (χ3v) is 4.86. The van der Waals surface area contributed by atoms with Crippen LogP contribution in [0.1, 0.15) is 50.7 Å². The molecule has 0 saturated heterocycles. The maximum absolute atomic E-state index is 12.3. The molecule has 2 aromatic rings. The summed E-state index contributed by atoms with van der Waals surface area (Å²) in [5.74, 6) is 0.917. The van der Waals surface area contributed by atoms with Gasteiger partial charge in [0, 0.05) is 17.0 Å². The first kappa shape index (κ1) is 15.1. The van der Waals surface area contributed by atoms with Crippen LogP contribution in [-0.2, 0) is 17.6 Å². The number of hydrogen-bond donors (Lipinski definition) is 1. The molecular formula is C19H25NO2. The minimum Gasteiger partial charge on any atom is -0.464 e. The molecule has 3 heteroatoms. The molecule has 3 nitrogen and oxygen atoms in total. The fourth-order valence-corrected chi connectivity index (χ4v) is 3.34. The lowest BCUT2D eigenvalue weighted by Crippen LogP contribution is -2.38. The number of carbonyl (C=O) groups is 1. The Morgan fingerprint density at radius 3 is 2.77 bits per heavy atom. The van der Waals surface area contributed by atoms with Gasteiger partial charge in [0.2, 0.25) is 5.91 Å². The molecule has 0 unspecified atom stereocenters. The molecule has 0 bridgehead atoms. The number of rotatable bonds is 4. The quantitative estimate of drug-likeness (QED) is 0.918. The molecule has 0 aliphatic heterocycles. The average molecular weight is 299 g/mol. The van der Waals surface area contributed by atoms with E-state index < -0.39 is 0 Å². The van der Waals surface area contributed by atoms with Crippen molar-refractivity contribution >= 4 is 16.9 Å². The molecule has 1 saturated carbocycles. The van der Waals surface area contributed by atoms with Crippen molar-refractivity contribution in [1.29, 1.82) is 0 Å². The lowest BCUT2D eigenvalue weighted by molar-refractivity contribution is -0.121. The molecule has 3 rings (SSSR count). The first-order chi connectivity index (χ1) is 10.7. The van der Waals surface area contributed by atoms with Crippen LogP contribution < -0.4 is 5.32 Å². The third-order valence-electron chi connectivity index (χ3n) is 4.86. The van der Waals surface area contributed by atoms with Crippen LogP contribution in [0, 0.1) is 5.92 Å². The highest BCUT2D eigenvalue weighted by molar-refractivity contribution is 5.88. The van der Waals surface area contributed by atoms with Crippen molar-refractivity contribution in [2.75, 3.05) is 0 Å². The number of amides is 1. The van der Waals surface area contributed by atoms with Gasteiger partial charge in [0.15, 0.2) is 0 Å². The smallest absolute Gasteiger partial charge is 0.224 e. The number of benzene rings is 1. The largest absolute Gasteiger partial charge is 0.464 e. The third kappa shape index (κ3) is 3.34. The second-order valence-electron chi connectivity index (χ2n) is 6.65. The molecule has 1 aliphatic rings. The van der Waals surface area contributed by atoms with E-state index in [-0.39, 0.29) is 5.91 Å². The lowest BCUT2D eigenvalue weighted by atomic mass is 9.87. The van der Waals surface area contributed by atoms with E-state index in [9.17, 15) is 4.79 Å². The summed E-state index contributed by atoms with van der Waals surface area (Å²) in [5, 5.41) is 4.24. The fourth-order valence-electron chi connectivity index (χ4n) is 3.34. The molecule has 1 N–H and O–H groups in total. The Bertz CT molecular complexity index is 650. The fraction of sp³-hybridized carbons (Fsp3) is 0.526. The van der Waals surface area contributed by atoms with E-state index in [1.54, 1.807) is 6.26 Å². The molecule has 0 radical (unpaired) electrons. The zero-order valence-corrected chi connectivity index (χ0v) is 13.5. The van der Waals surface area contributed by atoms with Crippen molar-refractivity contribution < 1.29 is 9.21 Å². The molecule has 1 aromatic carbocycles. The average Bonchev–Trinajstić information content (AvgIpc) is 2.91. The number of fused-ring (bicyclic) bond motifs is 1. The molecule has 1 heterocycles. The molecule has 1 amide bonds.